The summed E-state index contributed by atoms with van der Waals surface area (Å²) in [5.41, 5.74) is 13.1. The van der Waals surface area contributed by atoms with E-state index < -0.39 is 16.4 Å². The number of nitrogens with zero attached hydrogens (tertiary/aromatic N) is 2. The van der Waals surface area contributed by atoms with E-state index >= 15 is 9.59 Å². The number of aliphatic hydroxyl groups excluding tert-OH is 1. The lowest BCUT2D eigenvalue weighted by Crippen LogP contribution is -2.78. The first-order valence-corrected chi connectivity index (χ1v) is 28.0. The molecule has 0 amide bonds. The minimum Gasteiger partial charge on any atom is -0.508 e. The van der Waals surface area contributed by atoms with Gasteiger partial charge in [-0.2, -0.15) is 0 Å². The molecule has 6 aliphatic heterocycles. The number of hydrogen-bond donors (Lipinski definition) is 2. The second-order valence-corrected chi connectivity index (χ2v) is 26.1. The largest absolute Gasteiger partial charge is 0.508 e. The van der Waals surface area contributed by atoms with Gasteiger partial charge in [-0.1, -0.05) is 74.0 Å². The molecule has 3 saturated carbocycles. The predicted octanol–water partition coefficient (Wildman–Crippen LogP) is 9.83. The number of benzene rings is 1. The number of rotatable bonds is 4. The van der Waals surface area contributed by atoms with Crippen molar-refractivity contribution >= 4 is 11.9 Å². The van der Waals surface area contributed by atoms with Crippen LogP contribution in [0.15, 0.2) is 58.2 Å². The Morgan fingerprint density at radius 3 is 2.68 bits per heavy atom. The van der Waals surface area contributed by atoms with Crippen LogP contribution in [0.3, 0.4) is 0 Å². The van der Waals surface area contributed by atoms with Crippen molar-refractivity contribution in [1.29, 1.82) is 0 Å². The molecular formula is C60H71N3O5. The van der Waals surface area contributed by atoms with Crippen LogP contribution in [-0.2, 0) is 32.7 Å². The molecule has 7 fully saturated rings. The summed E-state index contributed by atoms with van der Waals surface area (Å²) in [4.78, 5) is 37.9. The predicted molar refractivity (Wildman–Crippen MR) is 257 cm³/mol. The third-order valence-electron chi connectivity index (χ3n) is 23.7. The molecule has 4 spiro atoms. The Labute approximate surface area is 402 Å². The molecule has 6 heterocycles. The zero-order valence-electron chi connectivity index (χ0n) is 40.5. The second kappa shape index (κ2) is 13.6. The van der Waals surface area contributed by atoms with Gasteiger partial charge in [0.2, 0.25) is 0 Å². The molecule has 14 aliphatic rings. The van der Waals surface area contributed by atoms with Crippen LogP contribution < -0.4 is 5.73 Å². The Morgan fingerprint density at radius 2 is 1.81 bits per heavy atom. The van der Waals surface area contributed by atoms with Crippen LogP contribution in [0.2, 0.25) is 0 Å². The van der Waals surface area contributed by atoms with E-state index in [0.29, 0.717) is 90.6 Å². The quantitative estimate of drug-likeness (QED) is 0.175. The van der Waals surface area contributed by atoms with Gasteiger partial charge in [-0.15, -0.1) is 0 Å². The zero-order chi connectivity index (χ0) is 45.4. The van der Waals surface area contributed by atoms with Crippen molar-refractivity contribution < 1.29 is 24.2 Å². The number of allylic oxidation sites excluding steroid dienone is 4. The molecule has 68 heavy (non-hydrogen) atoms. The highest BCUT2D eigenvalue weighted by Crippen LogP contribution is 2.88. The molecule has 0 aromatic heterocycles. The van der Waals surface area contributed by atoms with Crippen molar-refractivity contribution in [1.82, 2.24) is 9.80 Å². The number of ether oxygens (including phenoxy) is 2. The third kappa shape index (κ3) is 4.55. The highest BCUT2D eigenvalue weighted by atomic mass is 16.6. The van der Waals surface area contributed by atoms with Crippen molar-refractivity contribution in [3.63, 3.8) is 0 Å². The Morgan fingerprint density at radius 1 is 0.941 bits per heavy atom. The Kier molecular flexibility index (Phi) is 8.16. The molecule has 2 bridgehead atoms. The molecule has 3 N–H and O–H groups in total. The molecule has 4 saturated heterocycles. The monoisotopic (exact) mass is 914 g/mol. The lowest BCUT2D eigenvalue weighted by Gasteiger charge is -2.73. The summed E-state index contributed by atoms with van der Waals surface area (Å²) in [6, 6.07) is 5.45. The number of hydrogen-bond acceptors (Lipinski definition) is 8. The van der Waals surface area contributed by atoms with Crippen LogP contribution in [0.5, 0.6) is 0 Å². The molecule has 0 radical (unpaired) electrons. The number of aryl methyl sites for hydroxylation is 1. The Balaban J connectivity index is 1.04. The first kappa shape index (κ1) is 40.9. The van der Waals surface area contributed by atoms with Gasteiger partial charge in [0.05, 0.1) is 11.0 Å². The average molecular weight is 914 g/mol. The van der Waals surface area contributed by atoms with Gasteiger partial charge in [-0.3, -0.25) is 9.69 Å². The van der Waals surface area contributed by atoms with Gasteiger partial charge < -0.3 is 25.2 Å². The van der Waals surface area contributed by atoms with Gasteiger partial charge >= 0.3 is 11.9 Å². The lowest BCUT2D eigenvalue weighted by atomic mass is 9.27. The van der Waals surface area contributed by atoms with Crippen LogP contribution in [0.1, 0.15) is 150 Å². The van der Waals surface area contributed by atoms with E-state index in [9.17, 15) is 5.11 Å². The first-order chi connectivity index (χ1) is 33.1. The number of carbonyl (C=O) groups is 2. The topological polar surface area (TPSA) is 105 Å². The fourth-order valence-electron chi connectivity index (χ4n) is 21.7. The minimum absolute atomic E-state index is 0.0813. The molecule has 1 aromatic rings. The fourth-order valence-corrected chi connectivity index (χ4v) is 21.7. The van der Waals surface area contributed by atoms with E-state index in [1.165, 1.54) is 81.8 Å². The van der Waals surface area contributed by atoms with Gasteiger partial charge in [0.25, 0.3) is 0 Å². The van der Waals surface area contributed by atoms with Crippen molar-refractivity contribution in [3.05, 3.63) is 80.5 Å². The van der Waals surface area contributed by atoms with Gasteiger partial charge in [0, 0.05) is 72.6 Å². The highest BCUT2D eigenvalue weighted by molar-refractivity contribution is 6.01. The molecule has 8 aliphatic carbocycles. The van der Waals surface area contributed by atoms with Crippen LogP contribution in [0.25, 0.3) is 0 Å². The van der Waals surface area contributed by atoms with Crippen LogP contribution in [0.4, 0.5) is 0 Å². The summed E-state index contributed by atoms with van der Waals surface area (Å²) >= 11 is 0. The molecule has 15 rings (SSSR count). The van der Waals surface area contributed by atoms with E-state index in [1.807, 2.05) is 0 Å². The lowest BCUT2D eigenvalue weighted by molar-refractivity contribution is -0.282. The van der Waals surface area contributed by atoms with Gasteiger partial charge in [-0.25, -0.2) is 4.79 Å². The summed E-state index contributed by atoms with van der Waals surface area (Å²) in [5.74, 6) is 10.6. The smallest absolute Gasteiger partial charge is 0.339 e. The maximum Gasteiger partial charge on any atom is 0.339 e. The summed E-state index contributed by atoms with van der Waals surface area (Å²) in [5, 5.41) is 14.3. The number of piperidine rings is 3. The average Bonchev–Trinajstić information content (AvgIpc) is 4.11. The van der Waals surface area contributed by atoms with E-state index in [1.54, 1.807) is 11.3 Å². The summed E-state index contributed by atoms with van der Waals surface area (Å²) in [6.45, 7) is 7.60. The third-order valence-corrected chi connectivity index (χ3v) is 23.7. The fraction of sp³-hybridized carbons (Fsp3) is 0.700. The Hall–Kier alpha value is -3.80. The molecule has 356 valence electrons. The first-order valence-electron chi connectivity index (χ1n) is 28.0. The number of esters is 2. The van der Waals surface area contributed by atoms with Gasteiger partial charge in [-0.05, 0) is 173 Å². The molecule has 8 nitrogen and oxygen atoms in total. The highest BCUT2D eigenvalue weighted by Gasteiger charge is 2.94. The van der Waals surface area contributed by atoms with E-state index in [-0.39, 0.29) is 59.2 Å². The summed E-state index contributed by atoms with van der Waals surface area (Å²) in [6.07, 6.45) is 25.0. The standard InChI is InChI=1S/C60H71N3O5/c1-31-10-11-36-26-42-32(2)24-37-14-15-43-39-25-40-30-62(43)51(37)48(42)41-17-21-58-54-53(64)47-35(27-44(40)63(29-39)52(47)38-16-20-57(28-38)18-3-4-19-57)8-5-7-34-13-12-33(9-6-22-61)46-50(34)60(58,68-55(46)65)45(23-31)59(58,49(36)41)56(66)67-54/h10-13,31-32,35-36,38-40,42-45,47-48,52,64H,3-4,6-7,9,14-30,61H2,1-2H3. The number of carbonyl (C=O) groups excluding carboxylic acids is 2. The molecule has 1 aromatic carbocycles. The summed E-state index contributed by atoms with van der Waals surface area (Å²) < 4.78 is 14.7. The van der Waals surface area contributed by atoms with E-state index in [4.69, 9.17) is 15.2 Å². The van der Waals surface area contributed by atoms with Crippen molar-refractivity contribution in [2.45, 2.75) is 160 Å². The molecule has 17 atom stereocenters. The van der Waals surface area contributed by atoms with Crippen molar-refractivity contribution in [3.8, 4) is 11.8 Å². The maximum absolute atomic E-state index is 16.5. The van der Waals surface area contributed by atoms with Gasteiger partial charge in [0.15, 0.2) is 11.4 Å². The van der Waals surface area contributed by atoms with Crippen molar-refractivity contribution in [2.75, 3.05) is 19.6 Å². The SMILES string of the molecule is CC1C=CC2CC3C(C)CC4=C5C3C3=C2C26C(=O)OC7=C(O)C8C(C#CCc9ccc(CCCN)c%10c9C(OC%10=O)(C2C1)C76CC3)CC1C2CC(CN1C8C1CCC3(CCCC3)C1)C(CC4)N5C2. The number of fused-ring (bicyclic) bond motifs is 11. The van der Waals surface area contributed by atoms with Crippen LogP contribution >= 0.6 is 0 Å². The zero-order valence-corrected chi connectivity index (χ0v) is 40.5. The summed E-state index contributed by atoms with van der Waals surface area (Å²) in [7, 11) is 0. The Bertz CT molecular complexity index is 2710. The van der Waals surface area contributed by atoms with E-state index in [0.717, 1.165) is 55.5 Å². The van der Waals surface area contributed by atoms with Crippen molar-refractivity contribution in [2.24, 2.45) is 87.1 Å². The normalized spacial score (nSPS) is 47.6. The minimum atomic E-state index is -1.19. The molecule has 8 heteroatoms. The second-order valence-electron chi connectivity index (χ2n) is 26.1. The maximum atomic E-state index is 16.5. The number of aliphatic hydroxyl groups is 1. The molecular weight excluding hydrogens is 843 g/mol. The van der Waals surface area contributed by atoms with E-state index in [2.05, 4.69) is 59.8 Å². The van der Waals surface area contributed by atoms with Crippen LogP contribution in [0, 0.1) is 93.2 Å². The van der Waals surface area contributed by atoms with Gasteiger partial charge in [0.1, 0.15) is 11.2 Å². The molecule has 17 unspecified atom stereocenters. The van der Waals surface area contributed by atoms with Crippen LogP contribution in [-0.4, -0.2) is 64.6 Å². The number of nitrogens with two attached hydrogens (primary N) is 1.